The van der Waals surface area contributed by atoms with Crippen molar-refractivity contribution in [3.63, 3.8) is 0 Å². The van der Waals surface area contributed by atoms with Gasteiger partial charge in [0.25, 0.3) is 0 Å². The molecule has 0 radical (unpaired) electrons. The first-order valence-electron chi connectivity index (χ1n) is 8.24. The van der Waals surface area contributed by atoms with E-state index in [-0.39, 0.29) is 0 Å². The van der Waals surface area contributed by atoms with E-state index in [0.29, 0.717) is 6.42 Å². The molecular weight excluding hydrogens is 322 g/mol. The molecule has 0 amide bonds. The summed E-state index contributed by atoms with van der Waals surface area (Å²) in [4.78, 5) is 25.5. The second kappa shape index (κ2) is 5.44. The lowest BCUT2D eigenvalue weighted by Gasteiger charge is -2.46. The SMILES string of the molecule is COC1(C)n2c(=O)n(C)c(=O)n2C(C)(OC)C1(C)Cc1ccccc1. The van der Waals surface area contributed by atoms with Gasteiger partial charge in [0.05, 0.1) is 5.41 Å². The third-order valence-corrected chi connectivity index (χ3v) is 6.19. The number of hydrogen-bond acceptors (Lipinski definition) is 4. The van der Waals surface area contributed by atoms with Crippen molar-refractivity contribution in [3.05, 3.63) is 56.9 Å². The Balaban J connectivity index is 2.34. The molecule has 1 aliphatic heterocycles. The van der Waals surface area contributed by atoms with Crippen molar-refractivity contribution < 1.29 is 9.47 Å². The van der Waals surface area contributed by atoms with E-state index >= 15 is 0 Å². The molecule has 1 aromatic heterocycles. The summed E-state index contributed by atoms with van der Waals surface area (Å²) < 4.78 is 15.6. The van der Waals surface area contributed by atoms with Gasteiger partial charge in [0.2, 0.25) is 0 Å². The Bertz CT molecular complexity index is 861. The van der Waals surface area contributed by atoms with E-state index < -0.39 is 28.2 Å². The molecule has 25 heavy (non-hydrogen) atoms. The fourth-order valence-electron chi connectivity index (χ4n) is 4.14. The lowest BCUT2D eigenvalue weighted by molar-refractivity contribution is -0.221. The lowest BCUT2D eigenvalue weighted by Crippen LogP contribution is -2.56. The van der Waals surface area contributed by atoms with E-state index in [9.17, 15) is 9.59 Å². The summed E-state index contributed by atoms with van der Waals surface area (Å²) in [6.45, 7) is 5.65. The minimum absolute atomic E-state index is 0.422. The van der Waals surface area contributed by atoms with Crippen molar-refractivity contribution in [1.29, 1.82) is 0 Å². The van der Waals surface area contributed by atoms with Crippen LogP contribution in [0.3, 0.4) is 0 Å². The predicted octanol–water partition coefficient (Wildman–Crippen LogP) is 1.25. The quantitative estimate of drug-likeness (QED) is 0.835. The number of methoxy groups -OCH3 is 2. The Morgan fingerprint density at radius 2 is 1.32 bits per heavy atom. The van der Waals surface area contributed by atoms with Crippen molar-refractivity contribution in [2.45, 2.75) is 38.6 Å². The van der Waals surface area contributed by atoms with Gasteiger partial charge in [-0.3, -0.25) is 0 Å². The second-order valence-corrected chi connectivity index (χ2v) is 7.12. The van der Waals surface area contributed by atoms with Crippen molar-refractivity contribution in [2.75, 3.05) is 14.2 Å². The van der Waals surface area contributed by atoms with Crippen LogP contribution in [0.5, 0.6) is 0 Å². The minimum Gasteiger partial charge on any atom is -0.356 e. The monoisotopic (exact) mass is 347 g/mol. The van der Waals surface area contributed by atoms with E-state index in [4.69, 9.17) is 9.47 Å². The van der Waals surface area contributed by atoms with Crippen LogP contribution in [0, 0.1) is 5.41 Å². The summed E-state index contributed by atoms with van der Waals surface area (Å²) in [5.74, 6) is 0. The molecule has 136 valence electrons. The average molecular weight is 347 g/mol. The van der Waals surface area contributed by atoms with Gasteiger partial charge in [-0.05, 0) is 32.8 Å². The molecule has 2 atom stereocenters. The zero-order valence-electron chi connectivity index (χ0n) is 15.6. The zero-order chi connectivity index (χ0) is 18.6. The Morgan fingerprint density at radius 3 is 1.72 bits per heavy atom. The summed E-state index contributed by atoms with van der Waals surface area (Å²) >= 11 is 0. The van der Waals surface area contributed by atoms with Crippen molar-refractivity contribution in [1.82, 2.24) is 13.9 Å². The zero-order valence-corrected chi connectivity index (χ0v) is 15.6. The van der Waals surface area contributed by atoms with Crippen LogP contribution in [-0.2, 0) is 34.4 Å². The maximum absolute atomic E-state index is 12.8. The Morgan fingerprint density at radius 1 is 0.880 bits per heavy atom. The fraction of sp³-hybridized carbons (Fsp3) is 0.556. The highest BCUT2D eigenvalue weighted by Crippen LogP contribution is 2.55. The Kier molecular flexibility index (Phi) is 3.85. The smallest absolute Gasteiger partial charge is 0.349 e. The molecule has 0 N–H and O–H groups in total. The summed E-state index contributed by atoms with van der Waals surface area (Å²) in [5.41, 5.74) is -2.61. The highest BCUT2D eigenvalue weighted by Gasteiger charge is 2.67. The predicted molar refractivity (Wildman–Crippen MR) is 93.5 cm³/mol. The maximum Gasteiger partial charge on any atom is 0.349 e. The van der Waals surface area contributed by atoms with E-state index in [1.54, 1.807) is 14.2 Å². The number of benzene rings is 1. The van der Waals surface area contributed by atoms with Gasteiger partial charge in [-0.15, -0.1) is 0 Å². The molecule has 0 bridgehead atoms. The van der Waals surface area contributed by atoms with Gasteiger partial charge in [-0.25, -0.2) is 14.2 Å². The van der Waals surface area contributed by atoms with Gasteiger partial charge in [-0.1, -0.05) is 30.3 Å². The van der Waals surface area contributed by atoms with Crippen LogP contribution < -0.4 is 11.4 Å². The molecule has 0 saturated heterocycles. The molecule has 0 spiro atoms. The van der Waals surface area contributed by atoms with Crippen LogP contribution >= 0.6 is 0 Å². The number of hydrogen-bond donors (Lipinski definition) is 0. The third-order valence-electron chi connectivity index (χ3n) is 6.19. The molecule has 2 aromatic rings. The van der Waals surface area contributed by atoms with Crippen molar-refractivity contribution in [2.24, 2.45) is 12.5 Å². The van der Waals surface area contributed by atoms with E-state index in [1.165, 1.54) is 16.4 Å². The van der Waals surface area contributed by atoms with Gasteiger partial charge in [-0.2, -0.15) is 9.36 Å². The summed E-state index contributed by atoms with van der Waals surface area (Å²) in [7, 11) is 4.57. The number of aromatic nitrogens is 3. The maximum atomic E-state index is 12.8. The lowest BCUT2D eigenvalue weighted by atomic mass is 9.68. The molecule has 0 fully saturated rings. The van der Waals surface area contributed by atoms with E-state index in [0.717, 1.165) is 10.1 Å². The molecule has 3 rings (SSSR count). The van der Waals surface area contributed by atoms with Crippen LogP contribution in [0.1, 0.15) is 26.3 Å². The van der Waals surface area contributed by atoms with Crippen LogP contribution in [0.4, 0.5) is 0 Å². The summed E-state index contributed by atoms with van der Waals surface area (Å²) in [6.07, 6.45) is 0.569. The van der Waals surface area contributed by atoms with Gasteiger partial charge in [0, 0.05) is 21.3 Å². The van der Waals surface area contributed by atoms with Crippen molar-refractivity contribution >= 4 is 0 Å². The normalized spacial score (nSPS) is 31.3. The van der Waals surface area contributed by atoms with Crippen LogP contribution in [0.15, 0.2) is 39.9 Å². The number of ether oxygens (including phenoxy) is 2. The molecule has 0 aliphatic carbocycles. The van der Waals surface area contributed by atoms with Crippen molar-refractivity contribution in [3.8, 4) is 0 Å². The molecule has 0 saturated carbocycles. The van der Waals surface area contributed by atoms with E-state index in [1.807, 2.05) is 51.1 Å². The molecule has 1 aromatic carbocycles. The Hall–Kier alpha value is -2.12. The second-order valence-electron chi connectivity index (χ2n) is 7.12. The topological polar surface area (TPSA) is 67.4 Å². The number of rotatable bonds is 4. The Labute approximate surface area is 146 Å². The first-order valence-corrected chi connectivity index (χ1v) is 8.24. The van der Waals surface area contributed by atoms with E-state index in [2.05, 4.69) is 0 Å². The van der Waals surface area contributed by atoms with Gasteiger partial charge in [0.1, 0.15) is 0 Å². The van der Waals surface area contributed by atoms with Crippen LogP contribution in [-0.4, -0.2) is 28.2 Å². The largest absolute Gasteiger partial charge is 0.356 e. The number of nitrogens with zero attached hydrogens (tertiary/aromatic N) is 3. The average Bonchev–Trinajstić information content (AvgIpc) is 2.93. The molecular formula is C18H25N3O4. The van der Waals surface area contributed by atoms with Gasteiger partial charge in [0.15, 0.2) is 11.4 Å². The van der Waals surface area contributed by atoms with Crippen LogP contribution in [0.2, 0.25) is 0 Å². The van der Waals surface area contributed by atoms with Gasteiger partial charge >= 0.3 is 11.4 Å². The minimum atomic E-state index is -1.06. The first kappa shape index (κ1) is 17.7. The molecule has 2 unspecified atom stereocenters. The summed E-state index contributed by atoms with van der Waals surface area (Å²) in [5, 5.41) is 0. The highest BCUT2D eigenvalue weighted by atomic mass is 16.5. The standard InChI is InChI=1S/C18H25N3O4/c1-16(12-13-10-8-7-9-11-13)17(2,24-5)20-14(22)19(4)15(23)21(20)18(16,3)25-6/h7-11H,12H2,1-6H3. The third kappa shape index (κ3) is 1.93. The number of fused-ring (bicyclic) bond motifs is 1. The summed E-state index contributed by atoms with van der Waals surface area (Å²) in [6, 6.07) is 9.92. The molecule has 2 heterocycles. The molecule has 7 nitrogen and oxygen atoms in total. The van der Waals surface area contributed by atoms with Gasteiger partial charge < -0.3 is 9.47 Å². The fourth-order valence-corrected chi connectivity index (χ4v) is 4.14. The first-order chi connectivity index (χ1) is 11.7. The van der Waals surface area contributed by atoms with Crippen LogP contribution in [0.25, 0.3) is 0 Å². The highest BCUT2D eigenvalue weighted by molar-refractivity contribution is 5.20. The molecule has 1 aliphatic rings. The molecule has 7 heteroatoms.